The molecule has 6 heteroatoms. The highest BCUT2D eigenvalue weighted by molar-refractivity contribution is 14.1. The molecule has 3 rings (SSSR count). The summed E-state index contributed by atoms with van der Waals surface area (Å²) in [6.07, 6.45) is 1.43. The number of rotatable bonds is 3. The van der Waals surface area contributed by atoms with Crippen molar-refractivity contribution in [3.05, 3.63) is 61.5 Å². The first-order valence-electron chi connectivity index (χ1n) is 5.86. The van der Waals surface area contributed by atoms with Gasteiger partial charge in [0.15, 0.2) is 5.78 Å². The third kappa shape index (κ3) is 2.53. The van der Waals surface area contributed by atoms with Gasteiger partial charge in [-0.05, 0) is 46.2 Å². The van der Waals surface area contributed by atoms with Gasteiger partial charge in [-0.25, -0.2) is 4.98 Å². The third-order valence-corrected chi connectivity index (χ3v) is 4.53. The third-order valence-electron chi connectivity index (χ3n) is 2.92. The van der Waals surface area contributed by atoms with Gasteiger partial charge in [-0.15, -0.1) is 11.3 Å². The maximum atomic E-state index is 12.2. The Kier molecular flexibility index (Phi) is 3.66. The summed E-state index contributed by atoms with van der Waals surface area (Å²) in [5, 5.41) is 1.82. The van der Waals surface area contributed by atoms with Crippen LogP contribution in [0.5, 0.6) is 0 Å². The molecule has 100 valence electrons. The van der Waals surface area contributed by atoms with Crippen molar-refractivity contribution in [3.63, 3.8) is 0 Å². The lowest BCUT2D eigenvalue weighted by molar-refractivity contribution is 0.0970. The Bertz CT molecular complexity index is 836. The Labute approximate surface area is 132 Å². The molecule has 0 fully saturated rings. The fourth-order valence-corrected chi connectivity index (χ4v) is 3.03. The smallest absolute Gasteiger partial charge is 0.271 e. The average Bonchev–Trinajstić information content (AvgIpc) is 2.92. The number of hydrogen-bond donors (Lipinski definition) is 0. The van der Waals surface area contributed by atoms with Gasteiger partial charge in [0.05, 0.1) is 18.4 Å². The standard InChI is InChI=1S/C14H9IN2O2S/c15-10-3-1-9(2-4-10)12(18)7-17-8-16-11-5-6-20-13(11)14(17)19/h1-6,8H,7H2. The maximum absolute atomic E-state index is 12.2. The second-order valence-corrected chi connectivity index (χ2v) is 6.40. The first kappa shape index (κ1) is 13.4. The first-order chi connectivity index (χ1) is 9.65. The summed E-state index contributed by atoms with van der Waals surface area (Å²) in [7, 11) is 0. The Morgan fingerprint density at radius 1 is 1.25 bits per heavy atom. The molecule has 20 heavy (non-hydrogen) atoms. The molecule has 3 aromatic rings. The summed E-state index contributed by atoms with van der Waals surface area (Å²) in [4.78, 5) is 28.5. The predicted octanol–water partition coefficient (Wildman–Crippen LogP) is 2.95. The second kappa shape index (κ2) is 5.45. The normalized spacial score (nSPS) is 10.8. The molecule has 2 aromatic heterocycles. The number of nitrogens with zero attached hydrogens (tertiary/aromatic N) is 2. The molecule has 4 nitrogen and oxygen atoms in total. The van der Waals surface area contributed by atoms with Crippen LogP contribution in [-0.2, 0) is 6.54 Å². The van der Waals surface area contributed by atoms with Crippen molar-refractivity contribution in [1.29, 1.82) is 0 Å². The average molecular weight is 396 g/mol. The van der Waals surface area contributed by atoms with Crippen molar-refractivity contribution in [1.82, 2.24) is 9.55 Å². The topological polar surface area (TPSA) is 52.0 Å². The van der Waals surface area contributed by atoms with E-state index in [2.05, 4.69) is 27.6 Å². The van der Waals surface area contributed by atoms with Crippen molar-refractivity contribution in [2.75, 3.05) is 0 Å². The molecule has 0 N–H and O–H groups in total. The van der Waals surface area contributed by atoms with Crippen molar-refractivity contribution in [3.8, 4) is 0 Å². The number of ketones is 1. The maximum Gasteiger partial charge on any atom is 0.271 e. The van der Waals surface area contributed by atoms with E-state index in [1.165, 1.54) is 22.2 Å². The number of thiophene rings is 1. The van der Waals surface area contributed by atoms with Crippen LogP contribution < -0.4 is 5.56 Å². The summed E-state index contributed by atoms with van der Waals surface area (Å²) >= 11 is 3.53. The first-order valence-corrected chi connectivity index (χ1v) is 7.82. The minimum atomic E-state index is -0.163. The molecule has 0 saturated heterocycles. The molecule has 0 aliphatic heterocycles. The van der Waals surface area contributed by atoms with Crippen LogP contribution in [0.4, 0.5) is 0 Å². The van der Waals surface area contributed by atoms with Crippen molar-refractivity contribution in [2.24, 2.45) is 0 Å². The van der Waals surface area contributed by atoms with Gasteiger partial charge in [0, 0.05) is 9.13 Å². The van der Waals surface area contributed by atoms with Gasteiger partial charge in [0.25, 0.3) is 5.56 Å². The fourth-order valence-electron chi connectivity index (χ4n) is 1.87. The SMILES string of the molecule is O=C(Cn1cnc2ccsc2c1=O)c1ccc(I)cc1. The van der Waals surface area contributed by atoms with E-state index in [0.717, 1.165) is 3.57 Å². The molecule has 0 unspecified atom stereocenters. The highest BCUT2D eigenvalue weighted by atomic mass is 127. The van der Waals surface area contributed by atoms with E-state index >= 15 is 0 Å². The van der Waals surface area contributed by atoms with Crippen LogP contribution in [0.3, 0.4) is 0 Å². The van der Waals surface area contributed by atoms with Gasteiger partial charge in [-0.3, -0.25) is 14.2 Å². The number of carbonyl (C=O) groups is 1. The number of Topliss-reactive ketones (excluding diaryl/α,β-unsaturated/α-hetero) is 1. The monoisotopic (exact) mass is 396 g/mol. The Balaban J connectivity index is 1.93. The highest BCUT2D eigenvalue weighted by Gasteiger charge is 2.10. The van der Waals surface area contributed by atoms with Gasteiger partial charge < -0.3 is 0 Å². The van der Waals surface area contributed by atoms with Crippen LogP contribution in [0.15, 0.2) is 46.8 Å². The quantitative estimate of drug-likeness (QED) is 0.506. The lowest BCUT2D eigenvalue weighted by atomic mass is 10.1. The van der Waals surface area contributed by atoms with E-state index in [9.17, 15) is 9.59 Å². The van der Waals surface area contributed by atoms with Crippen LogP contribution in [-0.4, -0.2) is 15.3 Å². The molecule has 0 amide bonds. The minimum Gasteiger partial charge on any atom is -0.292 e. The molecule has 1 aromatic carbocycles. The van der Waals surface area contributed by atoms with Crippen LogP contribution >= 0.6 is 33.9 Å². The number of benzene rings is 1. The lowest BCUT2D eigenvalue weighted by Crippen LogP contribution is -2.24. The summed E-state index contributed by atoms with van der Waals surface area (Å²) < 4.78 is 3.01. The molecule has 2 heterocycles. The molecule has 0 saturated carbocycles. The summed E-state index contributed by atoms with van der Waals surface area (Å²) in [6.45, 7) is 0.0142. The van der Waals surface area contributed by atoms with Crippen molar-refractivity contribution in [2.45, 2.75) is 6.54 Å². The van der Waals surface area contributed by atoms with Gasteiger partial charge in [0.1, 0.15) is 4.70 Å². The summed E-state index contributed by atoms with van der Waals surface area (Å²) in [6, 6.07) is 9.08. The van der Waals surface area contributed by atoms with E-state index < -0.39 is 0 Å². The van der Waals surface area contributed by atoms with Crippen LogP contribution in [0.25, 0.3) is 10.2 Å². The van der Waals surface area contributed by atoms with E-state index in [-0.39, 0.29) is 17.9 Å². The van der Waals surface area contributed by atoms with E-state index in [4.69, 9.17) is 0 Å². The van der Waals surface area contributed by atoms with Crippen LogP contribution in [0.1, 0.15) is 10.4 Å². The van der Waals surface area contributed by atoms with Crippen LogP contribution in [0, 0.1) is 3.57 Å². The zero-order chi connectivity index (χ0) is 14.1. The summed E-state index contributed by atoms with van der Waals surface area (Å²) in [5.41, 5.74) is 1.12. The molecule has 0 aliphatic rings. The molecule has 0 aliphatic carbocycles. The number of hydrogen-bond acceptors (Lipinski definition) is 4. The largest absolute Gasteiger partial charge is 0.292 e. The van der Waals surface area contributed by atoms with E-state index in [1.807, 2.05) is 17.5 Å². The number of fused-ring (bicyclic) bond motifs is 1. The lowest BCUT2D eigenvalue weighted by Gasteiger charge is -2.04. The zero-order valence-corrected chi connectivity index (χ0v) is 13.2. The van der Waals surface area contributed by atoms with E-state index in [0.29, 0.717) is 15.8 Å². The minimum absolute atomic E-state index is 0.0142. The van der Waals surface area contributed by atoms with Crippen molar-refractivity contribution < 1.29 is 4.79 Å². The molecular formula is C14H9IN2O2S. The zero-order valence-electron chi connectivity index (χ0n) is 10.2. The Hall–Kier alpha value is -1.54. The number of carbonyl (C=O) groups excluding carboxylic acids is 1. The molecule has 0 bridgehead atoms. The van der Waals surface area contributed by atoms with E-state index in [1.54, 1.807) is 18.2 Å². The molecule has 0 spiro atoms. The molecule has 0 radical (unpaired) electrons. The predicted molar refractivity (Wildman–Crippen MR) is 87.4 cm³/mol. The second-order valence-electron chi connectivity index (χ2n) is 4.24. The van der Waals surface area contributed by atoms with Gasteiger partial charge in [-0.2, -0.15) is 0 Å². The van der Waals surface area contributed by atoms with Crippen molar-refractivity contribution >= 4 is 49.9 Å². The fraction of sp³-hybridized carbons (Fsp3) is 0.0714. The molecule has 0 atom stereocenters. The van der Waals surface area contributed by atoms with Crippen LogP contribution in [0.2, 0.25) is 0 Å². The van der Waals surface area contributed by atoms with Gasteiger partial charge >= 0.3 is 0 Å². The number of halogens is 1. The van der Waals surface area contributed by atoms with Gasteiger partial charge in [-0.1, -0.05) is 12.1 Å². The Morgan fingerprint density at radius 3 is 2.75 bits per heavy atom. The Morgan fingerprint density at radius 2 is 2.00 bits per heavy atom. The van der Waals surface area contributed by atoms with Gasteiger partial charge in [0.2, 0.25) is 0 Å². The molecular weight excluding hydrogens is 387 g/mol. The highest BCUT2D eigenvalue weighted by Crippen LogP contribution is 2.13. The summed E-state index contributed by atoms with van der Waals surface area (Å²) in [5.74, 6) is -0.0961. The number of aromatic nitrogens is 2.